The van der Waals surface area contributed by atoms with Crippen molar-refractivity contribution in [1.82, 2.24) is 14.9 Å². The fourth-order valence-corrected chi connectivity index (χ4v) is 3.79. The van der Waals surface area contributed by atoms with Gasteiger partial charge in [-0.25, -0.2) is 9.97 Å². The van der Waals surface area contributed by atoms with E-state index in [4.69, 9.17) is 11.6 Å². The number of carbonyl (C=O) groups is 2. The first kappa shape index (κ1) is 18.4. The number of rotatable bonds is 4. The Morgan fingerprint density at radius 3 is 2.79 bits per heavy atom. The number of halogens is 1. The van der Waals surface area contributed by atoms with Crippen LogP contribution < -0.4 is 10.2 Å². The lowest BCUT2D eigenvalue weighted by Crippen LogP contribution is -2.32. The van der Waals surface area contributed by atoms with Gasteiger partial charge in [0, 0.05) is 36.9 Å². The summed E-state index contributed by atoms with van der Waals surface area (Å²) in [5, 5.41) is 3.73. The molecule has 1 unspecified atom stereocenters. The maximum absolute atomic E-state index is 12.9. The molecule has 28 heavy (non-hydrogen) atoms. The SMILES string of the molecule is C=CC(=O)N1CCc2cc(C(=O)N3CCC(Nc4ncc(Cl)cn4)C3)ccc21. The molecular weight excluding hydrogens is 378 g/mol. The highest BCUT2D eigenvalue weighted by Gasteiger charge is 2.29. The van der Waals surface area contributed by atoms with Gasteiger partial charge < -0.3 is 15.1 Å². The molecule has 0 spiro atoms. The number of nitrogens with one attached hydrogen (secondary N) is 1. The van der Waals surface area contributed by atoms with Crippen molar-refractivity contribution in [3.8, 4) is 0 Å². The van der Waals surface area contributed by atoms with Crippen LogP contribution in [0, 0.1) is 0 Å². The lowest BCUT2D eigenvalue weighted by molar-refractivity contribution is -0.114. The normalized spacial score (nSPS) is 18.1. The Bertz CT molecular complexity index is 931. The van der Waals surface area contributed by atoms with Crippen LogP contribution in [-0.2, 0) is 11.2 Å². The second-order valence-corrected chi connectivity index (χ2v) is 7.33. The third-order valence-corrected chi connectivity index (χ3v) is 5.29. The molecular formula is C20H20ClN5O2. The van der Waals surface area contributed by atoms with Crippen molar-refractivity contribution in [2.75, 3.05) is 29.9 Å². The van der Waals surface area contributed by atoms with Gasteiger partial charge in [0.1, 0.15) is 0 Å². The summed E-state index contributed by atoms with van der Waals surface area (Å²) in [7, 11) is 0. The minimum atomic E-state index is -0.115. The van der Waals surface area contributed by atoms with Crippen LogP contribution in [-0.4, -0.2) is 52.4 Å². The Morgan fingerprint density at radius 2 is 2.04 bits per heavy atom. The molecule has 2 amide bonds. The summed E-state index contributed by atoms with van der Waals surface area (Å²) in [6.45, 7) is 5.42. The van der Waals surface area contributed by atoms with Crippen LogP contribution in [0.4, 0.5) is 11.6 Å². The minimum Gasteiger partial charge on any atom is -0.350 e. The summed E-state index contributed by atoms with van der Waals surface area (Å²) in [4.78, 5) is 36.6. The summed E-state index contributed by atoms with van der Waals surface area (Å²) in [5.41, 5.74) is 2.53. The molecule has 4 rings (SSSR count). The zero-order valence-electron chi connectivity index (χ0n) is 15.3. The van der Waals surface area contributed by atoms with Crippen LogP contribution >= 0.6 is 11.6 Å². The van der Waals surface area contributed by atoms with E-state index in [1.165, 1.54) is 6.08 Å². The Morgan fingerprint density at radius 1 is 1.25 bits per heavy atom. The number of hydrogen-bond donors (Lipinski definition) is 1. The molecule has 1 fully saturated rings. The van der Waals surface area contributed by atoms with Crippen LogP contribution in [0.3, 0.4) is 0 Å². The van der Waals surface area contributed by atoms with Crippen molar-refractivity contribution in [2.24, 2.45) is 0 Å². The van der Waals surface area contributed by atoms with E-state index in [1.54, 1.807) is 23.4 Å². The lowest BCUT2D eigenvalue weighted by atomic mass is 10.1. The molecule has 1 saturated heterocycles. The average Bonchev–Trinajstić information content (AvgIpc) is 3.35. The number of hydrogen-bond acceptors (Lipinski definition) is 5. The third-order valence-electron chi connectivity index (χ3n) is 5.09. The molecule has 1 aromatic carbocycles. The van der Waals surface area contributed by atoms with Gasteiger partial charge in [0.15, 0.2) is 0 Å². The molecule has 1 N–H and O–H groups in total. The van der Waals surface area contributed by atoms with Crippen LogP contribution in [0.15, 0.2) is 43.2 Å². The predicted octanol–water partition coefficient (Wildman–Crippen LogP) is 2.53. The highest BCUT2D eigenvalue weighted by atomic mass is 35.5. The predicted molar refractivity (Wildman–Crippen MR) is 108 cm³/mol. The molecule has 2 aromatic rings. The van der Waals surface area contributed by atoms with Crippen LogP contribution in [0.25, 0.3) is 0 Å². The molecule has 0 aliphatic carbocycles. The molecule has 0 saturated carbocycles. The molecule has 0 bridgehead atoms. The summed E-state index contributed by atoms with van der Waals surface area (Å²) >= 11 is 5.80. The number of anilines is 2. The summed E-state index contributed by atoms with van der Waals surface area (Å²) in [6, 6.07) is 5.64. The van der Waals surface area contributed by atoms with E-state index in [0.29, 0.717) is 36.2 Å². The van der Waals surface area contributed by atoms with Gasteiger partial charge in [-0.1, -0.05) is 18.2 Å². The Kier molecular flexibility index (Phi) is 5.00. The first-order valence-corrected chi connectivity index (χ1v) is 9.53. The number of aromatic nitrogens is 2. The number of likely N-dealkylation sites (tertiary alicyclic amines) is 1. The maximum atomic E-state index is 12.9. The van der Waals surface area contributed by atoms with E-state index in [-0.39, 0.29) is 17.9 Å². The van der Waals surface area contributed by atoms with Crippen molar-refractivity contribution in [3.05, 3.63) is 59.4 Å². The van der Waals surface area contributed by atoms with Gasteiger partial charge in [-0.15, -0.1) is 0 Å². The van der Waals surface area contributed by atoms with Crippen molar-refractivity contribution in [1.29, 1.82) is 0 Å². The van der Waals surface area contributed by atoms with Crippen LogP contribution in [0.5, 0.6) is 0 Å². The molecule has 1 aromatic heterocycles. The average molecular weight is 398 g/mol. The van der Waals surface area contributed by atoms with Gasteiger partial charge in [-0.2, -0.15) is 0 Å². The van der Waals surface area contributed by atoms with E-state index < -0.39 is 0 Å². The molecule has 0 radical (unpaired) electrons. The summed E-state index contributed by atoms with van der Waals surface area (Å²) in [6.07, 6.45) is 5.97. The smallest absolute Gasteiger partial charge is 0.253 e. The second-order valence-electron chi connectivity index (χ2n) is 6.89. The first-order valence-electron chi connectivity index (χ1n) is 9.15. The molecule has 1 atom stereocenters. The van der Waals surface area contributed by atoms with Gasteiger partial charge in [-0.3, -0.25) is 9.59 Å². The Labute approximate surface area is 168 Å². The van der Waals surface area contributed by atoms with Crippen molar-refractivity contribution < 1.29 is 9.59 Å². The number of fused-ring (bicyclic) bond motifs is 1. The molecule has 144 valence electrons. The van der Waals surface area contributed by atoms with Crippen molar-refractivity contribution in [2.45, 2.75) is 18.9 Å². The second kappa shape index (κ2) is 7.59. The largest absolute Gasteiger partial charge is 0.350 e. The van der Waals surface area contributed by atoms with Crippen molar-refractivity contribution >= 4 is 35.1 Å². The standard InChI is InChI=1S/C20H20ClN5O2/c1-2-18(27)26-8-5-13-9-14(3-4-17(13)26)19(28)25-7-6-16(12-25)24-20-22-10-15(21)11-23-20/h2-4,9-11,16H,1,5-8,12H2,(H,22,23,24). The first-order chi connectivity index (χ1) is 13.5. The Balaban J connectivity index is 1.42. The van der Waals surface area contributed by atoms with Gasteiger partial charge in [0.05, 0.1) is 17.4 Å². The van der Waals surface area contributed by atoms with Crippen LogP contribution in [0.2, 0.25) is 5.02 Å². The van der Waals surface area contributed by atoms with Gasteiger partial charge in [0.25, 0.3) is 5.91 Å². The summed E-state index contributed by atoms with van der Waals surface area (Å²) in [5.74, 6) is 0.390. The maximum Gasteiger partial charge on any atom is 0.253 e. The molecule has 2 aliphatic rings. The van der Waals surface area contributed by atoms with E-state index in [0.717, 1.165) is 24.1 Å². The molecule has 8 heteroatoms. The zero-order chi connectivity index (χ0) is 19.7. The van der Waals surface area contributed by atoms with Crippen molar-refractivity contribution in [3.63, 3.8) is 0 Å². The number of benzene rings is 1. The van der Waals surface area contributed by atoms with Gasteiger partial charge in [-0.05, 0) is 42.7 Å². The van der Waals surface area contributed by atoms with Gasteiger partial charge in [0.2, 0.25) is 11.9 Å². The highest BCUT2D eigenvalue weighted by molar-refractivity contribution is 6.30. The number of nitrogens with zero attached hydrogens (tertiary/aromatic N) is 4. The molecule has 7 nitrogen and oxygen atoms in total. The lowest BCUT2D eigenvalue weighted by Gasteiger charge is -2.18. The Hall–Kier alpha value is -2.93. The molecule has 3 heterocycles. The van der Waals surface area contributed by atoms with E-state index in [2.05, 4.69) is 21.9 Å². The number of amides is 2. The quantitative estimate of drug-likeness (QED) is 0.802. The van der Waals surface area contributed by atoms with E-state index in [1.807, 2.05) is 17.0 Å². The number of carbonyl (C=O) groups excluding carboxylic acids is 2. The molecule has 2 aliphatic heterocycles. The zero-order valence-corrected chi connectivity index (χ0v) is 16.0. The minimum absolute atomic E-state index is 0.00220. The fourth-order valence-electron chi connectivity index (χ4n) is 3.69. The topological polar surface area (TPSA) is 78.4 Å². The monoisotopic (exact) mass is 397 g/mol. The van der Waals surface area contributed by atoms with E-state index in [9.17, 15) is 9.59 Å². The fraction of sp³-hybridized carbons (Fsp3) is 0.300. The van der Waals surface area contributed by atoms with Crippen LogP contribution in [0.1, 0.15) is 22.3 Å². The van der Waals surface area contributed by atoms with E-state index >= 15 is 0 Å². The highest BCUT2D eigenvalue weighted by Crippen LogP contribution is 2.30. The van der Waals surface area contributed by atoms with Gasteiger partial charge >= 0.3 is 0 Å². The third kappa shape index (κ3) is 3.57. The summed E-state index contributed by atoms with van der Waals surface area (Å²) < 4.78 is 0.